The molecule has 6 heteroatoms. The molecule has 35 heavy (non-hydrogen) atoms. The number of thioether (sulfide) groups is 1. The summed E-state index contributed by atoms with van der Waals surface area (Å²) in [4.78, 5) is 26.6. The molecule has 2 aromatic carbocycles. The van der Waals surface area contributed by atoms with Gasteiger partial charge in [0.2, 0.25) is 5.78 Å². The molecule has 0 radical (unpaired) electrons. The van der Waals surface area contributed by atoms with Crippen molar-refractivity contribution in [3.8, 4) is 5.75 Å². The molecule has 0 aliphatic heterocycles. The number of ketones is 1. The maximum atomic E-state index is 12.9. The van der Waals surface area contributed by atoms with Gasteiger partial charge in [-0.25, -0.2) is 4.79 Å². The van der Waals surface area contributed by atoms with Gasteiger partial charge in [0, 0.05) is 15.8 Å². The Morgan fingerprint density at radius 2 is 1.60 bits per heavy atom. The number of hydrogen-bond acceptors (Lipinski definition) is 6. The minimum absolute atomic E-state index is 0.189. The average molecular weight is 495 g/mol. The van der Waals surface area contributed by atoms with Crippen molar-refractivity contribution in [1.82, 2.24) is 0 Å². The van der Waals surface area contributed by atoms with Gasteiger partial charge in [-0.15, -0.1) is 11.8 Å². The van der Waals surface area contributed by atoms with E-state index in [2.05, 4.69) is 0 Å². The van der Waals surface area contributed by atoms with Crippen molar-refractivity contribution in [3.63, 3.8) is 0 Å². The predicted molar refractivity (Wildman–Crippen MR) is 143 cm³/mol. The number of esters is 1. The molecule has 5 nitrogen and oxygen atoms in total. The zero-order valence-corrected chi connectivity index (χ0v) is 22.8. The van der Waals surface area contributed by atoms with Crippen LogP contribution in [0.1, 0.15) is 67.4 Å². The molecule has 0 spiro atoms. The third-order valence-corrected chi connectivity index (χ3v) is 6.25. The van der Waals surface area contributed by atoms with E-state index in [0.29, 0.717) is 17.1 Å². The van der Waals surface area contributed by atoms with Crippen LogP contribution in [0.15, 0.2) is 45.7 Å². The fourth-order valence-electron chi connectivity index (χ4n) is 3.75. The first-order valence-corrected chi connectivity index (χ1v) is 12.8. The third kappa shape index (κ3) is 6.17. The number of benzene rings is 2. The van der Waals surface area contributed by atoms with Gasteiger partial charge < -0.3 is 13.9 Å². The van der Waals surface area contributed by atoms with Gasteiger partial charge in [0.1, 0.15) is 16.9 Å². The summed E-state index contributed by atoms with van der Waals surface area (Å²) in [5.41, 5.74) is 2.38. The van der Waals surface area contributed by atoms with E-state index in [4.69, 9.17) is 13.9 Å². The van der Waals surface area contributed by atoms with Crippen LogP contribution in [0.25, 0.3) is 17.0 Å². The van der Waals surface area contributed by atoms with E-state index in [-0.39, 0.29) is 5.78 Å². The summed E-state index contributed by atoms with van der Waals surface area (Å²) in [6, 6.07) is 9.82. The average Bonchev–Trinajstić information content (AvgIpc) is 3.09. The highest BCUT2D eigenvalue weighted by Crippen LogP contribution is 2.31. The number of furan rings is 1. The number of hydrogen-bond donors (Lipinski definition) is 0. The molecule has 1 aromatic heterocycles. The Morgan fingerprint density at radius 3 is 2.17 bits per heavy atom. The molecule has 1 heterocycles. The van der Waals surface area contributed by atoms with Crippen molar-refractivity contribution in [2.24, 2.45) is 0 Å². The standard InChI is InChI=1S/C29H34O5S/c1-17-14-20(15-18(2)25(17)33-29(7,8)27(31)34-28(4,5)6)10-13-23(30)26-19(3)22-12-11-21(35-9)16-24(22)32-26/h10-16H,1-9H3/b13-10+. The zero-order chi connectivity index (χ0) is 26.1. The molecule has 0 amide bonds. The molecule has 0 unspecified atom stereocenters. The number of aryl methyl sites for hydroxylation is 3. The first-order chi connectivity index (χ1) is 16.2. The van der Waals surface area contributed by atoms with E-state index < -0.39 is 17.2 Å². The van der Waals surface area contributed by atoms with Crippen molar-refractivity contribution < 1.29 is 23.5 Å². The summed E-state index contributed by atoms with van der Waals surface area (Å²) < 4.78 is 17.5. The lowest BCUT2D eigenvalue weighted by Gasteiger charge is -2.30. The maximum absolute atomic E-state index is 12.9. The van der Waals surface area contributed by atoms with E-state index in [1.54, 1.807) is 31.7 Å². The van der Waals surface area contributed by atoms with Crippen molar-refractivity contribution in [3.05, 3.63) is 64.4 Å². The predicted octanol–water partition coefficient (Wildman–Crippen LogP) is 7.48. The Hall–Kier alpha value is -2.99. The Balaban J connectivity index is 1.81. The van der Waals surface area contributed by atoms with Crippen LogP contribution in [0.2, 0.25) is 0 Å². The van der Waals surface area contributed by atoms with Crippen molar-refractivity contribution >= 4 is 40.6 Å². The molecule has 0 N–H and O–H groups in total. The fourth-order valence-corrected chi connectivity index (χ4v) is 4.18. The van der Waals surface area contributed by atoms with Crippen LogP contribution in [0.3, 0.4) is 0 Å². The quantitative estimate of drug-likeness (QED) is 0.147. The van der Waals surface area contributed by atoms with Gasteiger partial charge in [0.15, 0.2) is 11.4 Å². The molecule has 3 rings (SSSR count). The minimum Gasteiger partial charge on any atom is -0.476 e. The van der Waals surface area contributed by atoms with Gasteiger partial charge in [-0.05, 0) is 115 Å². The molecule has 0 bridgehead atoms. The molecular weight excluding hydrogens is 460 g/mol. The third-order valence-electron chi connectivity index (χ3n) is 5.53. The fraction of sp³-hybridized carbons (Fsp3) is 0.379. The van der Waals surface area contributed by atoms with Crippen LogP contribution in [0.4, 0.5) is 0 Å². The van der Waals surface area contributed by atoms with Gasteiger partial charge in [0.05, 0.1) is 0 Å². The molecule has 0 fully saturated rings. The van der Waals surface area contributed by atoms with Crippen LogP contribution in [0.5, 0.6) is 5.75 Å². The summed E-state index contributed by atoms with van der Waals surface area (Å²) >= 11 is 1.63. The lowest BCUT2D eigenvalue weighted by molar-refractivity contribution is -0.171. The normalized spacial score (nSPS) is 12.4. The van der Waals surface area contributed by atoms with Gasteiger partial charge in [-0.2, -0.15) is 0 Å². The molecule has 0 aliphatic carbocycles. The topological polar surface area (TPSA) is 65.7 Å². The highest BCUT2D eigenvalue weighted by atomic mass is 32.2. The van der Waals surface area contributed by atoms with Crippen LogP contribution in [-0.2, 0) is 9.53 Å². The van der Waals surface area contributed by atoms with Crippen LogP contribution >= 0.6 is 11.8 Å². The molecule has 0 saturated carbocycles. The Kier molecular flexibility index (Phi) is 7.56. The summed E-state index contributed by atoms with van der Waals surface area (Å²) in [7, 11) is 0. The van der Waals surface area contributed by atoms with Crippen molar-refractivity contribution in [2.45, 2.75) is 71.5 Å². The molecular formula is C29H34O5S. The van der Waals surface area contributed by atoms with Crippen LogP contribution in [-0.4, -0.2) is 29.2 Å². The molecule has 0 atom stereocenters. The SMILES string of the molecule is CSc1ccc2c(C)c(C(=O)/C=C/c3cc(C)c(OC(C)(C)C(=O)OC(C)(C)C)c(C)c3)oc2c1. The summed E-state index contributed by atoms with van der Waals surface area (Å²) in [5.74, 6) is 0.361. The van der Waals surface area contributed by atoms with E-state index in [0.717, 1.165) is 32.5 Å². The number of fused-ring (bicyclic) bond motifs is 1. The number of allylic oxidation sites excluding steroid dienone is 1. The minimum atomic E-state index is -1.15. The Labute approximate surface area is 211 Å². The summed E-state index contributed by atoms with van der Waals surface area (Å²) in [6.45, 7) is 14.6. The highest BCUT2D eigenvalue weighted by molar-refractivity contribution is 7.98. The highest BCUT2D eigenvalue weighted by Gasteiger charge is 2.35. The second kappa shape index (κ2) is 9.94. The number of rotatable bonds is 7. The molecule has 3 aromatic rings. The second-order valence-corrected chi connectivity index (χ2v) is 11.1. The number of carbonyl (C=O) groups excluding carboxylic acids is 2. The Bertz CT molecular complexity index is 1280. The van der Waals surface area contributed by atoms with Gasteiger partial charge in [-0.1, -0.05) is 6.08 Å². The lowest BCUT2D eigenvalue weighted by atomic mass is 10.0. The smallest absolute Gasteiger partial charge is 0.350 e. The molecule has 0 saturated heterocycles. The van der Waals surface area contributed by atoms with Gasteiger partial charge >= 0.3 is 5.97 Å². The van der Waals surface area contributed by atoms with E-state index in [1.807, 2.05) is 78.1 Å². The van der Waals surface area contributed by atoms with Crippen LogP contribution < -0.4 is 4.74 Å². The zero-order valence-electron chi connectivity index (χ0n) is 22.0. The van der Waals surface area contributed by atoms with E-state index in [9.17, 15) is 9.59 Å². The van der Waals surface area contributed by atoms with Crippen molar-refractivity contribution in [2.75, 3.05) is 6.26 Å². The molecule has 0 aliphatic rings. The van der Waals surface area contributed by atoms with E-state index >= 15 is 0 Å². The number of carbonyl (C=O) groups is 2. The number of ether oxygens (including phenoxy) is 2. The van der Waals surface area contributed by atoms with Crippen molar-refractivity contribution in [1.29, 1.82) is 0 Å². The summed E-state index contributed by atoms with van der Waals surface area (Å²) in [6.07, 6.45) is 5.30. The Morgan fingerprint density at radius 1 is 0.971 bits per heavy atom. The van der Waals surface area contributed by atoms with E-state index in [1.165, 1.54) is 6.08 Å². The largest absolute Gasteiger partial charge is 0.476 e. The van der Waals surface area contributed by atoms with Gasteiger partial charge in [-0.3, -0.25) is 4.79 Å². The second-order valence-electron chi connectivity index (χ2n) is 10.2. The lowest BCUT2D eigenvalue weighted by Crippen LogP contribution is -2.43. The first-order valence-electron chi connectivity index (χ1n) is 11.5. The first kappa shape index (κ1) is 26.6. The summed E-state index contributed by atoms with van der Waals surface area (Å²) in [5, 5.41) is 0.945. The molecule has 186 valence electrons. The van der Waals surface area contributed by atoms with Gasteiger partial charge in [0.25, 0.3) is 0 Å². The monoisotopic (exact) mass is 494 g/mol. The van der Waals surface area contributed by atoms with Crippen LogP contribution in [0, 0.1) is 20.8 Å². The maximum Gasteiger partial charge on any atom is 0.350 e.